The molecular formula is C20H24N4. The summed E-state index contributed by atoms with van der Waals surface area (Å²) in [6, 6.07) is 10.4. The Morgan fingerprint density at radius 2 is 2.12 bits per heavy atom. The van der Waals surface area contributed by atoms with E-state index < -0.39 is 0 Å². The van der Waals surface area contributed by atoms with Crippen molar-refractivity contribution in [1.29, 1.82) is 0 Å². The van der Waals surface area contributed by atoms with Crippen LogP contribution in [0.3, 0.4) is 0 Å². The van der Waals surface area contributed by atoms with Gasteiger partial charge in [0.05, 0.1) is 5.52 Å². The summed E-state index contributed by atoms with van der Waals surface area (Å²) in [5.41, 5.74) is 5.36. The maximum atomic E-state index is 4.65. The van der Waals surface area contributed by atoms with Gasteiger partial charge in [-0.3, -0.25) is 0 Å². The molecule has 0 amide bonds. The molecule has 3 rings (SSSR count). The quantitative estimate of drug-likeness (QED) is 0.697. The van der Waals surface area contributed by atoms with Crippen LogP contribution < -0.4 is 10.6 Å². The molecule has 0 bridgehead atoms. The second kappa shape index (κ2) is 6.79. The molecule has 0 radical (unpaired) electrons. The third-order valence-corrected chi connectivity index (χ3v) is 4.10. The van der Waals surface area contributed by atoms with Crippen LogP contribution in [0.2, 0.25) is 0 Å². The summed E-state index contributed by atoms with van der Waals surface area (Å²) in [7, 11) is 2.05. The van der Waals surface area contributed by atoms with E-state index in [1.807, 2.05) is 12.3 Å². The molecule has 4 nitrogen and oxygen atoms in total. The Morgan fingerprint density at radius 1 is 1.29 bits per heavy atom. The fourth-order valence-electron chi connectivity index (χ4n) is 2.87. The van der Waals surface area contributed by atoms with Crippen molar-refractivity contribution < 1.29 is 0 Å². The smallest absolute Gasteiger partial charge is 0.139 e. The third-order valence-electron chi connectivity index (χ3n) is 4.10. The highest BCUT2D eigenvalue weighted by atomic mass is 15.0. The second-order valence-electron chi connectivity index (χ2n) is 6.11. The lowest BCUT2D eigenvalue weighted by atomic mass is 10.1. The van der Waals surface area contributed by atoms with Gasteiger partial charge in [0, 0.05) is 48.3 Å². The van der Waals surface area contributed by atoms with Crippen molar-refractivity contribution in [2.24, 2.45) is 7.05 Å². The number of benzene rings is 1. The molecule has 2 N–H and O–H groups in total. The van der Waals surface area contributed by atoms with Crippen molar-refractivity contribution in [2.45, 2.75) is 20.3 Å². The van der Waals surface area contributed by atoms with Gasteiger partial charge in [-0.15, -0.1) is 0 Å². The molecule has 0 atom stereocenters. The van der Waals surface area contributed by atoms with Crippen LogP contribution in [0.25, 0.3) is 16.6 Å². The van der Waals surface area contributed by atoms with E-state index in [0.29, 0.717) is 0 Å². The van der Waals surface area contributed by atoms with E-state index in [9.17, 15) is 0 Å². The van der Waals surface area contributed by atoms with Gasteiger partial charge in [-0.1, -0.05) is 25.6 Å². The molecular weight excluding hydrogens is 296 g/mol. The van der Waals surface area contributed by atoms with Gasteiger partial charge in [0.1, 0.15) is 5.82 Å². The molecule has 0 aliphatic carbocycles. The van der Waals surface area contributed by atoms with Gasteiger partial charge in [-0.05, 0) is 37.1 Å². The van der Waals surface area contributed by atoms with Crippen LogP contribution >= 0.6 is 0 Å². The predicted molar refractivity (Wildman–Crippen MR) is 103 cm³/mol. The first kappa shape index (κ1) is 16.1. The van der Waals surface area contributed by atoms with Gasteiger partial charge < -0.3 is 15.2 Å². The summed E-state index contributed by atoms with van der Waals surface area (Å²) in [6.07, 6.45) is 5.02. The van der Waals surface area contributed by atoms with E-state index in [1.54, 1.807) is 0 Å². The number of nitrogens with zero attached hydrogens (tertiary/aromatic N) is 2. The van der Waals surface area contributed by atoms with Crippen molar-refractivity contribution >= 4 is 28.1 Å². The summed E-state index contributed by atoms with van der Waals surface area (Å²) in [5, 5.41) is 7.90. The van der Waals surface area contributed by atoms with Gasteiger partial charge in [0.15, 0.2) is 0 Å². The fraction of sp³-hybridized carbons (Fsp3) is 0.250. The molecule has 3 aromatic rings. The Labute approximate surface area is 143 Å². The van der Waals surface area contributed by atoms with Crippen LogP contribution in [0.5, 0.6) is 0 Å². The second-order valence-corrected chi connectivity index (χ2v) is 6.11. The van der Waals surface area contributed by atoms with Crippen LogP contribution in [0.4, 0.5) is 11.5 Å². The lowest BCUT2D eigenvalue weighted by Crippen LogP contribution is -2.13. The van der Waals surface area contributed by atoms with Gasteiger partial charge in [0.2, 0.25) is 0 Å². The largest absolute Gasteiger partial charge is 0.385 e. The molecule has 0 saturated carbocycles. The molecule has 0 aliphatic heterocycles. The first-order valence-electron chi connectivity index (χ1n) is 8.31. The zero-order valence-corrected chi connectivity index (χ0v) is 14.6. The third kappa shape index (κ3) is 3.13. The predicted octanol–water partition coefficient (Wildman–Crippen LogP) is 4.60. The standard InChI is InChI=1S/C20H24N4/c1-5-10-21-15(3)18-13-22-20(17-9-11-24(4)19(17)18)23-16-8-6-7-14(2)12-16/h6-9,11-13,21H,3,5,10H2,1-2,4H3,(H,22,23). The molecule has 124 valence electrons. The highest BCUT2D eigenvalue weighted by Gasteiger charge is 2.13. The number of aryl methyl sites for hydroxylation is 2. The number of pyridine rings is 1. The van der Waals surface area contributed by atoms with Gasteiger partial charge in [-0.25, -0.2) is 4.98 Å². The zero-order valence-electron chi connectivity index (χ0n) is 14.6. The Morgan fingerprint density at radius 3 is 2.88 bits per heavy atom. The van der Waals surface area contributed by atoms with Gasteiger partial charge in [0.25, 0.3) is 0 Å². The SMILES string of the molecule is C=C(NCCC)c1cnc(Nc2cccc(C)c2)c2ccn(C)c12. The molecule has 1 aromatic carbocycles. The van der Waals surface area contributed by atoms with E-state index in [1.165, 1.54) is 5.56 Å². The van der Waals surface area contributed by atoms with Gasteiger partial charge >= 0.3 is 0 Å². The molecule has 2 aromatic heterocycles. The minimum atomic E-state index is 0.864. The first-order chi connectivity index (χ1) is 11.6. The highest BCUT2D eigenvalue weighted by Crippen LogP contribution is 2.30. The van der Waals surface area contributed by atoms with Crippen LogP contribution in [-0.2, 0) is 7.05 Å². The first-order valence-corrected chi connectivity index (χ1v) is 8.31. The maximum Gasteiger partial charge on any atom is 0.139 e. The molecule has 0 unspecified atom stereocenters. The number of fused-ring (bicyclic) bond motifs is 1. The van der Waals surface area contributed by atoms with E-state index >= 15 is 0 Å². The number of hydrogen-bond donors (Lipinski definition) is 2. The molecule has 0 spiro atoms. The van der Waals surface area contributed by atoms with Gasteiger partial charge in [-0.2, -0.15) is 0 Å². The molecule has 24 heavy (non-hydrogen) atoms. The van der Waals surface area contributed by atoms with Crippen LogP contribution in [0, 0.1) is 6.92 Å². The normalized spacial score (nSPS) is 10.8. The summed E-state index contributed by atoms with van der Waals surface area (Å²) in [4.78, 5) is 4.65. The van der Waals surface area contributed by atoms with Crippen molar-refractivity contribution in [1.82, 2.24) is 14.9 Å². The maximum absolute atomic E-state index is 4.65. The van der Waals surface area contributed by atoms with Crippen LogP contribution in [0.1, 0.15) is 24.5 Å². The fourth-order valence-corrected chi connectivity index (χ4v) is 2.87. The van der Waals surface area contributed by atoms with Crippen molar-refractivity contribution in [2.75, 3.05) is 11.9 Å². The Hall–Kier alpha value is -2.75. The molecule has 0 saturated heterocycles. The van der Waals surface area contributed by atoms with E-state index in [-0.39, 0.29) is 0 Å². The average Bonchev–Trinajstić information content (AvgIpc) is 2.96. The Balaban J connectivity index is 2.01. The summed E-state index contributed by atoms with van der Waals surface area (Å²) in [6.45, 7) is 9.32. The summed E-state index contributed by atoms with van der Waals surface area (Å²) >= 11 is 0. The Kier molecular flexibility index (Phi) is 4.56. The molecule has 0 fully saturated rings. The van der Waals surface area contributed by atoms with Crippen molar-refractivity contribution in [3.05, 3.63) is 60.4 Å². The van der Waals surface area contributed by atoms with E-state index in [0.717, 1.165) is 46.6 Å². The van der Waals surface area contributed by atoms with Crippen LogP contribution in [-0.4, -0.2) is 16.1 Å². The summed E-state index contributed by atoms with van der Waals surface area (Å²) < 4.78 is 2.12. The summed E-state index contributed by atoms with van der Waals surface area (Å²) in [5.74, 6) is 0.864. The highest BCUT2D eigenvalue weighted by molar-refractivity contribution is 5.98. The monoisotopic (exact) mass is 320 g/mol. The number of nitrogens with one attached hydrogen (secondary N) is 2. The number of aromatic nitrogens is 2. The molecule has 4 heteroatoms. The van der Waals surface area contributed by atoms with Crippen molar-refractivity contribution in [3.63, 3.8) is 0 Å². The zero-order chi connectivity index (χ0) is 17.1. The van der Waals surface area contributed by atoms with E-state index in [2.05, 4.69) is 78.1 Å². The molecule has 2 heterocycles. The number of anilines is 2. The van der Waals surface area contributed by atoms with Crippen molar-refractivity contribution in [3.8, 4) is 0 Å². The topological polar surface area (TPSA) is 41.9 Å². The van der Waals surface area contributed by atoms with Crippen LogP contribution in [0.15, 0.2) is 49.3 Å². The average molecular weight is 320 g/mol. The van der Waals surface area contributed by atoms with E-state index in [4.69, 9.17) is 0 Å². The Bertz CT molecular complexity index is 876. The minimum absolute atomic E-state index is 0.864. The lowest BCUT2D eigenvalue weighted by Gasteiger charge is -2.14. The molecule has 0 aliphatic rings. The lowest BCUT2D eigenvalue weighted by molar-refractivity contribution is 0.824. The number of hydrogen-bond acceptors (Lipinski definition) is 3. The number of rotatable bonds is 6. The minimum Gasteiger partial charge on any atom is -0.385 e.